The van der Waals surface area contributed by atoms with E-state index < -0.39 is 5.92 Å². The first kappa shape index (κ1) is 17.7. The largest absolute Gasteiger partial charge is 0.466 e. The standard InChI is InChI=1S/C17H21NO4/c1-2-21-16(19)10-6-7-11-17(20)22-13-15(12-18)14-8-4-3-5-9-14/h3-5,8-9,15H,2,6-7,10-11,13H2,1H3. The molecule has 0 bridgehead atoms. The molecule has 118 valence electrons. The number of carbonyl (C=O) groups excluding carboxylic acids is 2. The number of nitrogens with zero attached hydrogens (tertiary/aromatic N) is 1. The van der Waals surface area contributed by atoms with Gasteiger partial charge in [-0.2, -0.15) is 5.26 Å². The van der Waals surface area contributed by atoms with E-state index in [4.69, 9.17) is 14.7 Å². The molecular weight excluding hydrogens is 282 g/mol. The molecular formula is C17H21NO4. The van der Waals surface area contributed by atoms with Crippen LogP contribution in [0.5, 0.6) is 0 Å². The lowest BCUT2D eigenvalue weighted by Gasteiger charge is -2.10. The molecule has 5 heteroatoms. The second kappa shape index (κ2) is 10.4. The average molecular weight is 303 g/mol. The van der Waals surface area contributed by atoms with Gasteiger partial charge in [0.15, 0.2) is 0 Å². The monoisotopic (exact) mass is 303 g/mol. The molecule has 0 aliphatic heterocycles. The second-order valence-electron chi connectivity index (χ2n) is 4.79. The zero-order valence-electron chi connectivity index (χ0n) is 12.8. The Kier molecular flexibility index (Phi) is 8.36. The average Bonchev–Trinajstić information content (AvgIpc) is 2.53. The molecule has 1 atom stereocenters. The Balaban J connectivity index is 2.22. The van der Waals surface area contributed by atoms with Gasteiger partial charge in [0.2, 0.25) is 0 Å². The molecule has 0 amide bonds. The van der Waals surface area contributed by atoms with Crippen LogP contribution < -0.4 is 0 Å². The smallest absolute Gasteiger partial charge is 0.305 e. The van der Waals surface area contributed by atoms with Crippen molar-refractivity contribution in [2.45, 2.75) is 38.5 Å². The van der Waals surface area contributed by atoms with Gasteiger partial charge < -0.3 is 9.47 Å². The van der Waals surface area contributed by atoms with Crippen molar-refractivity contribution in [3.63, 3.8) is 0 Å². The molecule has 0 heterocycles. The lowest BCUT2D eigenvalue weighted by Crippen LogP contribution is -2.12. The summed E-state index contributed by atoms with van der Waals surface area (Å²) in [6, 6.07) is 11.4. The van der Waals surface area contributed by atoms with Crippen LogP contribution in [0.1, 0.15) is 44.1 Å². The number of unbranched alkanes of at least 4 members (excludes halogenated alkanes) is 1. The number of benzene rings is 1. The summed E-state index contributed by atoms with van der Waals surface area (Å²) in [5, 5.41) is 9.13. The quantitative estimate of drug-likeness (QED) is 0.518. The van der Waals surface area contributed by atoms with E-state index in [9.17, 15) is 9.59 Å². The summed E-state index contributed by atoms with van der Waals surface area (Å²) in [5.41, 5.74) is 0.833. The van der Waals surface area contributed by atoms with Crippen LogP contribution in [0.15, 0.2) is 30.3 Å². The minimum Gasteiger partial charge on any atom is -0.466 e. The molecule has 0 aliphatic rings. The molecule has 0 aromatic heterocycles. The van der Waals surface area contributed by atoms with Gasteiger partial charge in [-0.25, -0.2) is 0 Å². The number of ether oxygens (including phenoxy) is 2. The molecule has 22 heavy (non-hydrogen) atoms. The third-order valence-corrected chi connectivity index (χ3v) is 3.09. The van der Waals surface area contributed by atoms with Crippen molar-refractivity contribution < 1.29 is 19.1 Å². The summed E-state index contributed by atoms with van der Waals surface area (Å²) in [6.07, 6.45) is 1.72. The van der Waals surface area contributed by atoms with Gasteiger partial charge in [0, 0.05) is 12.8 Å². The molecule has 1 unspecified atom stereocenters. The van der Waals surface area contributed by atoms with Crippen molar-refractivity contribution in [1.29, 1.82) is 5.26 Å². The Morgan fingerprint density at radius 1 is 1.09 bits per heavy atom. The summed E-state index contributed by atoms with van der Waals surface area (Å²) in [4.78, 5) is 22.7. The molecule has 1 rings (SSSR count). The van der Waals surface area contributed by atoms with E-state index >= 15 is 0 Å². The van der Waals surface area contributed by atoms with Crippen LogP contribution in [0.4, 0.5) is 0 Å². The minimum atomic E-state index is -0.454. The Bertz CT molecular complexity index is 507. The maximum Gasteiger partial charge on any atom is 0.305 e. The highest BCUT2D eigenvalue weighted by Crippen LogP contribution is 2.15. The summed E-state index contributed by atoms with van der Waals surface area (Å²) < 4.78 is 9.93. The number of hydrogen-bond donors (Lipinski definition) is 0. The first-order valence-electron chi connectivity index (χ1n) is 7.43. The van der Waals surface area contributed by atoms with E-state index in [0.29, 0.717) is 25.9 Å². The molecule has 0 saturated heterocycles. The topological polar surface area (TPSA) is 76.4 Å². The van der Waals surface area contributed by atoms with Crippen LogP contribution in [0.2, 0.25) is 0 Å². The number of hydrogen-bond acceptors (Lipinski definition) is 5. The molecule has 5 nitrogen and oxygen atoms in total. The van der Waals surface area contributed by atoms with Crippen LogP contribution in [0.25, 0.3) is 0 Å². The fourth-order valence-electron chi connectivity index (χ4n) is 1.91. The second-order valence-corrected chi connectivity index (χ2v) is 4.79. The van der Waals surface area contributed by atoms with Crippen LogP contribution in [0, 0.1) is 11.3 Å². The van der Waals surface area contributed by atoms with Crippen LogP contribution >= 0.6 is 0 Å². The molecule has 0 radical (unpaired) electrons. The maximum absolute atomic E-state index is 11.6. The van der Waals surface area contributed by atoms with Gasteiger partial charge in [0.1, 0.15) is 12.5 Å². The van der Waals surface area contributed by atoms with Crippen LogP contribution in [-0.2, 0) is 19.1 Å². The van der Waals surface area contributed by atoms with Gasteiger partial charge in [0.25, 0.3) is 0 Å². The van der Waals surface area contributed by atoms with E-state index in [2.05, 4.69) is 6.07 Å². The van der Waals surface area contributed by atoms with Crippen molar-refractivity contribution >= 4 is 11.9 Å². The van der Waals surface area contributed by atoms with E-state index in [1.54, 1.807) is 6.92 Å². The summed E-state index contributed by atoms with van der Waals surface area (Å²) >= 11 is 0. The van der Waals surface area contributed by atoms with Gasteiger partial charge in [-0.15, -0.1) is 0 Å². The number of esters is 2. The molecule has 0 spiro atoms. The van der Waals surface area contributed by atoms with Gasteiger partial charge in [0.05, 0.1) is 12.7 Å². The SMILES string of the molecule is CCOC(=O)CCCCC(=O)OCC(C#N)c1ccccc1. The van der Waals surface area contributed by atoms with E-state index in [1.807, 2.05) is 30.3 Å². The highest BCUT2D eigenvalue weighted by atomic mass is 16.5. The fourth-order valence-corrected chi connectivity index (χ4v) is 1.91. The van der Waals surface area contributed by atoms with E-state index in [-0.39, 0.29) is 25.0 Å². The maximum atomic E-state index is 11.6. The lowest BCUT2D eigenvalue weighted by molar-refractivity contribution is -0.145. The fraction of sp³-hybridized carbons (Fsp3) is 0.471. The summed E-state index contributed by atoms with van der Waals surface area (Å²) in [7, 11) is 0. The Morgan fingerprint density at radius 3 is 2.23 bits per heavy atom. The number of rotatable bonds is 9. The Morgan fingerprint density at radius 2 is 1.68 bits per heavy atom. The van der Waals surface area contributed by atoms with Crippen molar-refractivity contribution in [2.75, 3.05) is 13.2 Å². The molecule has 1 aromatic rings. The molecule has 1 aromatic carbocycles. The van der Waals surface area contributed by atoms with Crippen molar-refractivity contribution in [3.8, 4) is 6.07 Å². The first-order chi connectivity index (χ1) is 10.7. The zero-order valence-corrected chi connectivity index (χ0v) is 12.8. The zero-order chi connectivity index (χ0) is 16.2. The van der Waals surface area contributed by atoms with Gasteiger partial charge in [-0.05, 0) is 25.3 Å². The predicted molar refractivity (Wildman–Crippen MR) is 80.9 cm³/mol. The molecule has 0 N–H and O–H groups in total. The van der Waals surface area contributed by atoms with E-state index in [0.717, 1.165) is 5.56 Å². The predicted octanol–water partition coefficient (Wildman–Crippen LogP) is 2.96. The number of carbonyl (C=O) groups is 2. The number of nitriles is 1. The summed E-state index contributed by atoms with van der Waals surface area (Å²) in [5.74, 6) is -1.05. The molecule has 0 saturated carbocycles. The van der Waals surface area contributed by atoms with Gasteiger partial charge >= 0.3 is 11.9 Å². The van der Waals surface area contributed by atoms with Crippen LogP contribution in [-0.4, -0.2) is 25.2 Å². The highest BCUT2D eigenvalue weighted by Gasteiger charge is 2.13. The molecule has 0 aliphatic carbocycles. The van der Waals surface area contributed by atoms with E-state index in [1.165, 1.54) is 0 Å². The first-order valence-corrected chi connectivity index (χ1v) is 7.43. The Labute approximate surface area is 130 Å². The third kappa shape index (κ3) is 6.89. The van der Waals surface area contributed by atoms with Crippen molar-refractivity contribution in [1.82, 2.24) is 0 Å². The highest BCUT2D eigenvalue weighted by molar-refractivity contribution is 5.70. The molecule has 0 fully saturated rings. The van der Waals surface area contributed by atoms with Crippen molar-refractivity contribution in [2.24, 2.45) is 0 Å². The Hall–Kier alpha value is -2.35. The minimum absolute atomic E-state index is 0.0528. The summed E-state index contributed by atoms with van der Waals surface area (Å²) in [6.45, 7) is 2.18. The van der Waals surface area contributed by atoms with Gasteiger partial charge in [-0.3, -0.25) is 9.59 Å². The third-order valence-electron chi connectivity index (χ3n) is 3.09. The van der Waals surface area contributed by atoms with Crippen LogP contribution in [0.3, 0.4) is 0 Å². The van der Waals surface area contributed by atoms with Gasteiger partial charge in [-0.1, -0.05) is 30.3 Å². The lowest BCUT2D eigenvalue weighted by atomic mass is 10.0. The normalized spacial score (nSPS) is 11.3. The van der Waals surface area contributed by atoms with Crippen molar-refractivity contribution in [3.05, 3.63) is 35.9 Å².